The van der Waals surface area contributed by atoms with Crippen molar-refractivity contribution in [3.63, 3.8) is 0 Å². The summed E-state index contributed by atoms with van der Waals surface area (Å²) in [5.41, 5.74) is 10.3. The number of urea groups is 1. The van der Waals surface area contributed by atoms with Crippen molar-refractivity contribution >= 4 is 11.9 Å². The van der Waals surface area contributed by atoms with Crippen LogP contribution >= 0.6 is 0 Å². The first kappa shape index (κ1) is 11.7. The maximum Gasteiger partial charge on any atom is 0.315 e. The Balaban J connectivity index is 2.90. The zero-order chi connectivity index (χ0) is 11.6. The van der Waals surface area contributed by atoms with Gasteiger partial charge in [-0.15, -0.1) is 0 Å². The molecule has 1 rings (SSSR count). The van der Waals surface area contributed by atoms with Crippen LogP contribution in [0, 0.1) is 0 Å². The van der Waals surface area contributed by atoms with Gasteiger partial charge in [-0.1, -0.05) is 0 Å². The number of carbonyl (C=O) groups is 2. The summed E-state index contributed by atoms with van der Waals surface area (Å²) in [5, 5.41) is 0. The number of nitrogens with two attached hydrogens (primary N) is 2. The summed E-state index contributed by atoms with van der Waals surface area (Å²) < 4.78 is 10.3. The van der Waals surface area contributed by atoms with Gasteiger partial charge in [0.15, 0.2) is 5.79 Å². The molecular weight excluding hydrogens is 202 g/mol. The average molecular weight is 217 g/mol. The SMILES string of the molecule is COC1(OC)C[C@H](C(N)=O)N(C(N)=O)C1. The van der Waals surface area contributed by atoms with E-state index in [1.165, 1.54) is 14.2 Å². The molecule has 1 heterocycles. The average Bonchev–Trinajstić information content (AvgIpc) is 2.58. The van der Waals surface area contributed by atoms with E-state index in [4.69, 9.17) is 20.9 Å². The molecule has 4 N–H and O–H groups in total. The highest BCUT2D eigenvalue weighted by Gasteiger charge is 2.48. The largest absolute Gasteiger partial charge is 0.368 e. The zero-order valence-electron chi connectivity index (χ0n) is 8.73. The van der Waals surface area contributed by atoms with Crippen LogP contribution in [0.15, 0.2) is 0 Å². The molecule has 0 aromatic rings. The fourth-order valence-corrected chi connectivity index (χ4v) is 1.70. The first-order valence-electron chi connectivity index (χ1n) is 4.41. The summed E-state index contributed by atoms with van der Waals surface area (Å²) in [6, 6.07) is -1.49. The van der Waals surface area contributed by atoms with Crippen LogP contribution in [0.25, 0.3) is 0 Å². The van der Waals surface area contributed by atoms with Crippen LogP contribution in [0.4, 0.5) is 4.79 Å². The second-order valence-corrected chi connectivity index (χ2v) is 3.41. The molecule has 0 unspecified atom stereocenters. The third kappa shape index (κ3) is 2.02. The molecule has 7 nitrogen and oxygen atoms in total. The number of ether oxygens (including phenoxy) is 2. The normalized spacial score (nSPS) is 24.1. The van der Waals surface area contributed by atoms with Crippen LogP contribution in [0.1, 0.15) is 6.42 Å². The Bertz CT molecular complexity index is 253. The van der Waals surface area contributed by atoms with Gasteiger partial charge in [-0.3, -0.25) is 4.79 Å². The van der Waals surface area contributed by atoms with Crippen molar-refractivity contribution in [1.82, 2.24) is 4.90 Å². The first-order chi connectivity index (χ1) is 6.95. The molecule has 0 saturated carbocycles. The lowest BCUT2D eigenvalue weighted by molar-refractivity contribution is -0.195. The van der Waals surface area contributed by atoms with Crippen molar-refractivity contribution in [3.05, 3.63) is 0 Å². The van der Waals surface area contributed by atoms with E-state index >= 15 is 0 Å². The molecule has 0 spiro atoms. The summed E-state index contributed by atoms with van der Waals surface area (Å²) in [5.74, 6) is -1.61. The highest BCUT2D eigenvalue weighted by atomic mass is 16.7. The molecule has 0 radical (unpaired) electrons. The standard InChI is InChI=1S/C8H15N3O4/c1-14-8(15-2)3-5(6(9)12)11(4-8)7(10)13/h5H,3-4H2,1-2H3,(H2,9,12)(H2,10,13)/t5-/m1/s1. The molecule has 15 heavy (non-hydrogen) atoms. The van der Waals surface area contributed by atoms with Gasteiger partial charge in [-0.05, 0) is 0 Å². The fraction of sp³-hybridized carbons (Fsp3) is 0.750. The summed E-state index contributed by atoms with van der Waals surface area (Å²) in [6.07, 6.45) is 0.193. The van der Waals surface area contributed by atoms with Gasteiger partial charge in [0, 0.05) is 20.6 Å². The Morgan fingerprint density at radius 3 is 2.13 bits per heavy atom. The number of nitrogens with zero attached hydrogens (tertiary/aromatic N) is 1. The van der Waals surface area contributed by atoms with E-state index < -0.39 is 23.8 Å². The van der Waals surface area contributed by atoms with Crippen LogP contribution in [-0.4, -0.2) is 49.4 Å². The Hall–Kier alpha value is -1.34. The zero-order valence-corrected chi connectivity index (χ0v) is 8.73. The maximum absolute atomic E-state index is 11.1. The second-order valence-electron chi connectivity index (χ2n) is 3.41. The van der Waals surface area contributed by atoms with Gasteiger partial charge in [-0.2, -0.15) is 0 Å². The smallest absolute Gasteiger partial charge is 0.315 e. The molecule has 0 aromatic carbocycles. The van der Waals surface area contributed by atoms with E-state index in [-0.39, 0.29) is 13.0 Å². The van der Waals surface area contributed by atoms with Gasteiger partial charge >= 0.3 is 6.03 Å². The number of likely N-dealkylation sites (tertiary alicyclic amines) is 1. The third-order valence-corrected chi connectivity index (χ3v) is 2.65. The highest BCUT2D eigenvalue weighted by molar-refractivity contribution is 5.86. The lowest BCUT2D eigenvalue weighted by Crippen LogP contribution is -2.46. The van der Waals surface area contributed by atoms with E-state index in [0.29, 0.717) is 0 Å². The predicted octanol–water partition coefficient (Wildman–Crippen LogP) is -1.39. The molecule has 3 amide bonds. The Kier molecular flexibility index (Phi) is 3.15. The minimum Gasteiger partial charge on any atom is -0.368 e. The number of hydrogen-bond acceptors (Lipinski definition) is 4. The molecule has 86 valence electrons. The molecule has 0 aromatic heterocycles. The number of primary amides is 2. The number of methoxy groups -OCH3 is 2. The number of rotatable bonds is 3. The third-order valence-electron chi connectivity index (χ3n) is 2.65. The van der Waals surface area contributed by atoms with Crippen molar-refractivity contribution in [2.75, 3.05) is 20.8 Å². The van der Waals surface area contributed by atoms with Gasteiger partial charge in [0.2, 0.25) is 5.91 Å². The van der Waals surface area contributed by atoms with E-state index in [9.17, 15) is 9.59 Å². The van der Waals surface area contributed by atoms with Gasteiger partial charge in [-0.25, -0.2) is 4.79 Å². The Morgan fingerprint density at radius 1 is 1.33 bits per heavy atom. The number of carbonyl (C=O) groups excluding carboxylic acids is 2. The van der Waals surface area contributed by atoms with Crippen molar-refractivity contribution in [3.8, 4) is 0 Å². The minimum atomic E-state index is -0.991. The lowest BCUT2D eigenvalue weighted by Gasteiger charge is -2.25. The van der Waals surface area contributed by atoms with Gasteiger partial charge in [0.1, 0.15) is 6.04 Å². The number of amides is 3. The van der Waals surface area contributed by atoms with Crippen LogP contribution in [-0.2, 0) is 14.3 Å². The molecule has 7 heteroatoms. The Labute approximate surface area is 87.3 Å². The summed E-state index contributed by atoms with van der Waals surface area (Å²) in [6.45, 7) is 0.100. The number of hydrogen-bond donors (Lipinski definition) is 2. The molecular formula is C8H15N3O4. The molecule has 0 aliphatic carbocycles. The highest BCUT2D eigenvalue weighted by Crippen LogP contribution is 2.30. The molecule has 1 atom stereocenters. The summed E-state index contributed by atoms with van der Waals surface area (Å²) in [4.78, 5) is 23.3. The lowest BCUT2D eigenvalue weighted by atomic mass is 10.1. The Morgan fingerprint density at radius 2 is 1.87 bits per heavy atom. The monoisotopic (exact) mass is 217 g/mol. The van der Waals surface area contributed by atoms with Crippen molar-refractivity contribution in [1.29, 1.82) is 0 Å². The predicted molar refractivity (Wildman–Crippen MR) is 50.6 cm³/mol. The molecule has 1 aliphatic heterocycles. The van der Waals surface area contributed by atoms with Crippen molar-refractivity contribution in [2.45, 2.75) is 18.2 Å². The van der Waals surface area contributed by atoms with E-state index in [1.807, 2.05) is 0 Å². The van der Waals surface area contributed by atoms with E-state index in [0.717, 1.165) is 4.90 Å². The first-order valence-corrected chi connectivity index (χ1v) is 4.41. The second kappa shape index (κ2) is 4.03. The summed E-state index contributed by atoms with van der Waals surface area (Å²) >= 11 is 0. The fourth-order valence-electron chi connectivity index (χ4n) is 1.70. The van der Waals surface area contributed by atoms with E-state index in [2.05, 4.69) is 0 Å². The van der Waals surface area contributed by atoms with Gasteiger partial charge in [0.05, 0.1) is 6.54 Å². The maximum atomic E-state index is 11.1. The summed E-state index contributed by atoms with van der Waals surface area (Å²) in [7, 11) is 2.87. The van der Waals surface area contributed by atoms with Crippen LogP contribution in [0.3, 0.4) is 0 Å². The molecule has 1 aliphatic rings. The van der Waals surface area contributed by atoms with Crippen LogP contribution in [0.2, 0.25) is 0 Å². The van der Waals surface area contributed by atoms with Gasteiger partial charge in [0.25, 0.3) is 0 Å². The van der Waals surface area contributed by atoms with Crippen LogP contribution < -0.4 is 11.5 Å². The molecule has 1 saturated heterocycles. The van der Waals surface area contributed by atoms with Crippen LogP contribution in [0.5, 0.6) is 0 Å². The topological polar surface area (TPSA) is 108 Å². The van der Waals surface area contributed by atoms with Crippen molar-refractivity contribution < 1.29 is 19.1 Å². The minimum absolute atomic E-state index is 0.100. The molecule has 1 fully saturated rings. The van der Waals surface area contributed by atoms with E-state index in [1.54, 1.807) is 0 Å². The van der Waals surface area contributed by atoms with Crippen molar-refractivity contribution in [2.24, 2.45) is 11.5 Å². The molecule has 0 bridgehead atoms. The van der Waals surface area contributed by atoms with Gasteiger partial charge < -0.3 is 25.8 Å². The quantitative estimate of drug-likeness (QED) is 0.567.